The zero-order chi connectivity index (χ0) is 16.8. The van der Waals surface area contributed by atoms with E-state index in [1.807, 2.05) is 6.07 Å². The van der Waals surface area contributed by atoms with E-state index in [1.165, 1.54) is 18.5 Å². The van der Waals surface area contributed by atoms with Gasteiger partial charge in [-0.05, 0) is 45.3 Å². The minimum atomic E-state index is 0.668. The summed E-state index contributed by atoms with van der Waals surface area (Å²) in [5.41, 5.74) is 1.21. The zero-order valence-corrected chi connectivity index (χ0v) is 14.5. The zero-order valence-electron chi connectivity index (χ0n) is 14.5. The van der Waals surface area contributed by atoms with Crippen LogP contribution < -0.4 is 15.5 Å². The fourth-order valence-electron chi connectivity index (χ4n) is 2.68. The minimum absolute atomic E-state index is 0.668. The molecule has 7 heteroatoms. The number of hydrogen-bond acceptors (Lipinski definition) is 6. The van der Waals surface area contributed by atoms with E-state index in [4.69, 9.17) is 0 Å². The van der Waals surface area contributed by atoms with E-state index in [9.17, 15) is 0 Å². The number of hydrogen-bond donors (Lipinski definition) is 3. The molecule has 1 saturated carbocycles. The molecule has 0 amide bonds. The van der Waals surface area contributed by atoms with Gasteiger partial charge in [-0.3, -0.25) is 5.10 Å². The standard InChI is InChI=1S/C17H27N7/c1-3-18-9-5-11-24(4-2)17-19-10-8-15(21-17)20-16-12-14(22-23-16)13-6-7-13/h8,10,12-13,18H,3-7,9,11H2,1-2H3,(H2,19,20,21,22,23). The van der Waals surface area contributed by atoms with Crippen LogP contribution in [-0.4, -0.2) is 46.3 Å². The van der Waals surface area contributed by atoms with Gasteiger partial charge in [0.25, 0.3) is 0 Å². The van der Waals surface area contributed by atoms with Gasteiger partial charge >= 0.3 is 0 Å². The van der Waals surface area contributed by atoms with Gasteiger partial charge in [-0.25, -0.2) is 4.98 Å². The van der Waals surface area contributed by atoms with E-state index < -0.39 is 0 Å². The summed E-state index contributed by atoms with van der Waals surface area (Å²) >= 11 is 0. The number of aromatic nitrogens is 4. The molecule has 1 fully saturated rings. The van der Waals surface area contributed by atoms with Crippen molar-refractivity contribution in [3.8, 4) is 0 Å². The van der Waals surface area contributed by atoms with Crippen LogP contribution in [0.25, 0.3) is 0 Å². The van der Waals surface area contributed by atoms with Crippen LogP contribution in [0.1, 0.15) is 44.7 Å². The van der Waals surface area contributed by atoms with Gasteiger partial charge in [0.1, 0.15) is 5.82 Å². The molecule has 0 spiro atoms. The summed E-state index contributed by atoms with van der Waals surface area (Å²) in [5.74, 6) is 3.02. The number of aromatic amines is 1. The molecule has 2 aromatic heterocycles. The monoisotopic (exact) mass is 329 g/mol. The molecule has 0 aromatic carbocycles. The van der Waals surface area contributed by atoms with Gasteiger partial charge in [0.05, 0.1) is 0 Å². The van der Waals surface area contributed by atoms with Crippen molar-refractivity contribution in [2.45, 2.75) is 39.0 Å². The topological polar surface area (TPSA) is 81.8 Å². The van der Waals surface area contributed by atoms with Crippen molar-refractivity contribution in [3.05, 3.63) is 24.0 Å². The van der Waals surface area contributed by atoms with E-state index in [-0.39, 0.29) is 0 Å². The first-order valence-electron chi connectivity index (χ1n) is 8.91. The van der Waals surface area contributed by atoms with Crippen molar-refractivity contribution in [1.82, 2.24) is 25.5 Å². The quantitative estimate of drug-likeness (QED) is 0.581. The lowest BCUT2D eigenvalue weighted by molar-refractivity contribution is 0.649. The van der Waals surface area contributed by atoms with Crippen LogP contribution in [-0.2, 0) is 0 Å². The lowest BCUT2D eigenvalue weighted by atomic mass is 10.3. The molecule has 0 unspecified atom stereocenters. The van der Waals surface area contributed by atoms with Crippen molar-refractivity contribution in [2.75, 3.05) is 36.4 Å². The van der Waals surface area contributed by atoms with Crippen molar-refractivity contribution < 1.29 is 0 Å². The number of nitrogens with one attached hydrogen (secondary N) is 3. The maximum atomic E-state index is 4.64. The fourth-order valence-corrected chi connectivity index (χ4v) is 2.68. The molecule has 2 aromatic rings. The van der Waals surface area contributed by atoms with Crippen LogP contribution in [0.15, 0.2) is 18.3 Å². The second-order valence-electron chi connectivity index (χ2n) is 6.14. The Morgan fingerprint density at radius 3 is 2.92 bits per heavy atom. The summed E-state index contributed by atoms with van der Waals surface area (Å²) in [6.07, 6.45) is 5.40. The number of rotatable bonds is 10. The van der Waals surface area contributed by atoms with E-state index in [0.717, 1.165) is 50.2 Å². The van der Waals surface area contributed by atoms with Gasteiger partial charge in [0.2, 0.25) is 5.95 Å². The van der Waals surface area contributed by atoms with Gasteiger partial charge < -0.3 is 15.5 Å². The van der Waals surface area contributed by atoms with Crippen molar-refractivity contribution in [2.24, 2.45) is 0 Å². The highest BCUT2D eigenvalue weighted by Crippen LogP contribution is 2.39. The molecule has 2 heterocycles. The largest absolute Gasteiger partial charge is 0.341 e. The van der Waals surface area contributed by atoms with Crippen LogP contribution >= 0.6 is 0 Å². The smallest absolute Gasteiger partial charge is 0.227 e. The Bertz CT molecular complexity index is 635. The van der Waals surface area contributed by atoms with E-state index in [0.29, 0.717) is 5.92 Å². The van der Waals surface area contributed by atoms with E-state index >= 15 is 0 Å². The lowest BCUT2D eigenvalue weighted by Crippen LogP contribution is -2.28. The first-order valence-corrected chi connectivity index (χ1v) is 8.91. The van der Waals surface area contributed by atoms with Crippen molar-refractivity contribution in [1.29, 1.82) is 0 Å². The molecule has 0 saturated heterocycles. The molecule has 24 heavy (non-hydrogen) atoms. The van der Waals surface area contributed by atoms with Crippen LogP contribution in [0.5, 0.6) is 0 Å². The summed E-state index contributed by atoms with van der Waals surface area (Å²) in [7, 11) is 0. The maximum absolute atomic E-state index is 4.64. The highest BCUT2D eigenvalue weighted by Gasteiger charge is 2.25. The third kappa shape index (κ3) is 4.44. The molecular formula is C17H27N7. The SMILES string of the molecule is CCNCCCN(CC)c1nccc(Nc2cc(C3CC3)[nH]n2)n1. The summed E-state index contributed by atoms with van der Waals surface area (Å²) < 4.78 is 0. The van der Waals surface area contributed by atoms with Crippen LogP contribution in [0.3, 0.4) is 0 Å². The Kier molecular flexibility index (Phi) is 5.63. The van der Waals surface area contributed by atoms with Crippen LogP contribution in [0.4, 0.5) is 17.6 Å². The highest BCUT2D eigenvalue weighted by atomic mass is 15.3. The highest BCUT2D eigenvalue weighted by molar-refractivity contribution is 5.53. The Hall–Kier alpha value is -2.15. The average Bonchev–Trinajstić information content (AvgIpc) is 3.35. The molecule has 130 valence electrons. The summed E-state index contributed by atoms with van der Waals surface area (Å²) in [6, 6.07) is 3.95. The number of H-pyrrole nitrogens is 1. The molecule has 0 aliphatic heterocycles. The molecule has 3 rings (SSSR count). The Balaban J connectivity index is 1.61. The Morgan fingerprint density at radius 2 is 2.17 bits per heavy atom. The predicted octanol–water partition coefficient (Wildman–Crippen LogP) is 2.65. The summed E-state index contributed by atoms with van der Waals surface area (Å²) in [4.78, 5) is 11.3. The first kappa shape index (κ1) is 16.7. The molecule has 0 atom stereocenters. The van der Waals surface area contributed by atoms with Crippen molar-refractivity contribution in [3.63, 3.8) is 0 Å². The van der Waals surface area contributed by atoms with Gasteiger partial charge in [0, 0.05) is 37.0 Å². The third-order valence-corrected chi connectivity index (χ3v) is 4.21. The second kappa shape index (κ2) is 8.10. The van der Waals surface area contributed by atoms with Gasteiger partial charge in [-0.1, -0.05) is 6.92 Å². The summed E-state index contributed by atoms with van der Waals surface area (Å²) in [5, 5.41) is 14.0. The van der Waals surface area contributed by atoms with Gasteiger partial charge in [0.15, 0.2) is 5.82 Å². The average molecular weight is 329 g/mol. The van der Waals surface area contributed by atoms with Crippen molar-refractivity contribution >= 4 is 17.6 Å². The third-order valence-electron chi connectivity index (χ3n) is 4.21. The predicted molar refractivity (Wildman–Crippen MR) is 96.9 cm³/mol. The second-order valence-corrected chi connectivity index (χ2v) is 6.14. The molecule has 3 N–H and O–H groups in total. The molecule has 1 aliphatic rings. The van der Waals surface area contributed by atoms with E-state index in [1.54, 1.807) is 6.20 Å². The molecule has 7 nitrogen and oxygen atoms in total. The van der Waals surface area contributed by atoms with Crippen LogP contribution in [0.2, 0.25) is 0 Å². The van der Waals surface area contributed by atoms with E-state index in [2.05, 4.69) is 55.6 Å². The molecule has 0 radical (unpaired) electrons. The lowest BCUT2D eigenvalue weighted by Gasteiger charge is -2.21. The minimum Gasteiger partial charge on any atom is -0.341 e. The maximum Gasteiger partial charge on any atom is 0.227 e. The van der Waals surface area contributed by atoms with Gasteiger partial charge in [-0.2, -0.15) is 10.1 Å². The first-order chi connectivity index (χ1) is 11.8. The fraction of sp³-hybridized carbons (Fsp3) is 0.588. The Morgan fingerprint density at radius 1 is 1.29 bits per heavy atom. The summed E-state index contributed by atoms with van der Waals surface area (Å²) in [6.45, 7) is 8.12. The number of anilines is 3. The molecule has 0 bridgehead atoms. The molecule has 1 aliphatic carbocycles. The van der Waals surface area contributed by atoms with Gasteiger partial charge in [-0.15, -0.1) is 0 Å². The molecular weight excluding hydrogens is 302 g/mol. The Labute approximate surface area is 143 Å². The van der Waals surface area contributed by atoms with Crippen LogP contribution in [0, 0.1) is 0 Å². The normalized spacial score (nSPS) is 13.9. The number of nitrogens with zero attached hydrogens (tertiary/aromatic N) is 4.